The first-order chi connectivity index (χ1) is 19.3. The molecule has 1 saturated carbocycles. The van der Waals surface area contributed by atoms with E-state index < -0.39 is 17.8 Å². The molecule has 0 spiro atoms. The number of carbonyl (C=O) groups excluding carboxylic acids is 1. The number of nitrogens with one attached hydrogen (secondary N) is 1. The molecule has 2 unspecified atom stereocenters. The standard InChI is InChI=1S/C30H31FN4O5/c1-17(36)26-14-24(27-13-22(37)8-9-34(26)27)30(38)33-25-12-19(18(2)40-28-5-3-4-10-39-28)11-23(29(25)31)20-15-32-35(16-20)21-6-7-21/h8-9,11-16,18,21,28,36H,3-7,10H2,1-2H3,(H,33,38)/b26-17-. The van der Waals surface area contributed by atoms with Crippen molar-refractivity contribution in [1.29, 1.82) is 0 Å². The van der Waals surface area contributed by atoms with Gasteiger partial charge >= 0.3 is 0 Å². The van der Waals surface area contributed by atoms with E-state index in [1.807, 2.05) is 17.8 Å². The van der Waals surface area contributed by atoms with Crippen LogP contribution >= 0.6 is 0 Å². The van der Waals surface area contributed by atoms with Gasteiger partial charge in [0.1, 0.15) is 5.76 Å². The Balaban J connectivity index is 1.39. The van der Waals surface area contributed by atoms with Crippen LogP contribution in [0.4, 0.5) is 10.1 Å². The number of pyridine rings is 1. The maximum atomic E-state index is 16.1. The fraction of sp³-hybridized carbons (Fsp3) is 0.367. The second-order valence-corrected chi connectivity index (χ2v) is 10.5. The van der Waals surface area contributed by atoms with E-state index >= 15 is 4.39 Å². The minimum atomic E-state index is -0.615. The van der Waals surface area contributed by atoms with Crippen molar-refractivity contribution in [3.05, 3.63) is 81.4 Å². The number of amides is 1. The third kappa shape index (κ3) is 5.12. The largest absolute Gasteiger partial charge is 0.510 e. The van der Waals surface area contributed by atoms with Crippen LogP contribution in [-0.2, 0) is 9.47 Å². The zero-order valence-electron chi connectivity index (χ0n) is 22.4. The molecule has 0 radical (unpaired) electrons. The monoisotopic (exact) mass is 546 g/mol. The molecule has 2 fully saturated rings. The SMILES string of the molecule is C/C(O)=c1\cc(C(=O)Nc2cc(C(C)OC3CCCCO3)cc(-c3cnn(C4CC4)c3)c2F)c2cc(=O)ccn12. The second-order valence-electron chi connectivity index (χ2n) is 10.5. The summed E-state index contributed by atoms with van der Waals surface area (Å²) in [6, 6.07) is 7.76. The fourth-order valence-corrected chi connectivity index (χ4v) is 5.15. The van der Waals surface area contributed by atoms with Gasteiger partial charge in [-0.25, -0.2) is 4.39 Å². The number of halogens is 1. The number of aromatic nitrogens is 3. The van der Waals surface area contributed by atoms with Gasteiger partial charge in [-0.15, -0.1) is 0 Å². The van der Waals surface area contributed by atoms with Crippen LogP contribution in [0, 0.1) is 5.82 Å². The smallest absolute Gasteiger partial charge is 0.257 e. The van der Waals surface area contributed by atoms with Gasteiger partial charge in [0.2, 0.25) is 0 Å². The Morgan fingerprint density at radius 1 is 1.23 bits per heavy atom. The average Bonchev–Trinajstić information content (AvgIpc) is 3.54. The van der Waals surface area contributed by atoms with Gasteiger partial charge in [-0.2, -0.15) is 5.10 Å². The first kappa shape index (κ1) is 26.2. The normalized spacial score (nSPS) is 19.0. The van der Waals surface area contributed by atoms with Crippen LogP contribution in [0.1, 0.15) is 74.0 Å². The topological polar surface area (TPSA) is 107 Å². The minimum Gasteiger partial charge on any atom is -0.510 e. The highest BCUT2D eigenvalue weighted by atomic mass is 19.1. The Kier molecular flexibility index (Phi) is 6.89. The Morgan fingerprint density at radius 3 is 2.77 bits per heavy atom. The molecule has 6 rings (SSSR count). The number of ether oxygens (including phenoxy) is 2. The molecule has 2 atom stereocenters. The van der Waals surface area contributed by atoms with Crippen LogP contribution in [-0.4, -0.2) is 38.1 Å². The minimum absolute atomic E-state index is 0.0215. The Hall–Kier alpha value is -4.02. The lowest BCUT2D eigenvalue weighted by Gasteiger charge is -2.26. The molecule has 1 aromatic carbocycles. The number of benzene rings is 1. The van der Waals surface area contributed by atoms with Gasteiger partial charge in [0.15, 0.2) is 17.5 Å². The molecule has 4 heterocycles. The molecule has 1 aliphatic heterocycles. The third-order valence-corrected chi connectivity index (χ3v) is 7.50. The van der Waals surface area contributed by atoms with Crippen molar-refractivity contribution in [2.75, 3.05) is 11.9 Å². The highest BCUT2D eigenvalue weighted by molar-refractivity contribution is 6.09. The maximum absolute atomic E-state index is 16.1. The number of nitrogens with zero attached hydrogens (tertiary/aromatic N) is 3. The lowest BCUT2D eigenvalue weighted by Crippen LogP contribution is -2.23. The summed E-state index contributed by atoms with van der Waals surface area (Å²) in [7, 11) is 0. The van der Waals surface area contributed by atoms with Gasteiger partial charge in [0, 0.05) is 42.3 Å². The zero-order valence-corrected chi connectivity index (χ0v) is 22.4. The Morgan fingerprint density at radius 2 is 2.05 bits per heavy atom. The van der Waals surface area contributed by atoms with E-state index in [9.17, 15) is 14.7 Å². The summed E-state index contributed by atoms with van der Waals surface area (Å²) >= 11 is 0. The van der Waals surface area contributed by atoms with Crippen molar-refractivity contribution in [3.63, 3.8) is 0 Å². The molecule has 1 amide bonds. The average molecular weight is 547 g/mol. The Bertz CT molecular complexity index is 1700. The number of anilines is 1. The first-order valence-corrected chi connectivity index (χ1v) is 13.6. The van der Waals surface area contributed by atoms with Crippen molar-refractivity contribution >= 4 is 22.9 Å². The molecular formula is C30H31FN4O5. The van der Waals surface area contributed by atoms with Crippen LogP contribution in [0.3, 0.4) is 0 Å². The maximum Gasteiger partial charge on any atom is 0.257 e. The number of fused-ring (bicyclic) bond motifs is 1. The van der Waals surface area contributed by atoms with E-state index in [1.165, 1.54) is 31.3 Å². The molecule has 9 nitrogen and oxygen atoms in total. The van der Waals surface area contributed by atoms with Crippen molar-refractivity contribution in [3.8, 4) is 11.1 Å². The fourth-order valence-electron chi connectivity index (χ4n) is 5.15. The van der Waals surface area contributed by atoms with E-state index in [2.05, 4.69) is 10.4 Å². The summed E-state index contributed by atoms with van der Waals surface area (Å²) in [5, 5.41) is 17.6. The summed E-state index contributed by atoms with van der Waals surface area (Å²) in [4.78, 5) is 25.6. The number of carbonyl (C=O) groups is 1. The summed E-state index contributed by atoms with van der Waals surface area (Å²) in [5.74, 6) is -1.24. The predicted molar refractivity (Wildman–Crippen MR) is 148 cm³/mol. The lowest BCUT2D eigenvalue weighted by atomic mass is 10.0. The van der Waals surface area contributed by atoms with Gasteiger partial charge in [-0.1, -0.05) is 0 Å². The summed E-state index contributed by atoms with van der Waals surface area (Å²) in [6.45, 7) is 4.00. The predicted octanol–water partition coefficient (Wildman–Crippen LogP) is 4.90. The van der Waals surface area contributed by atoms with Crippen molar-refractivity contribution < 1.29 is 23.8 Å². The molecule has 208 valence electrons. The lowest BCUT2D eigenvalue weighted by molar-refractivity contribution is -0.186. The van der Waals surface area contributed by atoms with E-state index in [0.29, 0.717) is 40.2 Å². The molecule has 2 aliphatic rings. The molecule has 1 saturated heterocycles. The molecule has 2 N–H and O–H groups in total. The summed E-state index contributed by atoms with van der Waals surface area (Å²) < 4.78 is 31.4. The van der Waals surface area contributed by atoms with Crippen molar-refractivity contribution in [2.24, 2.45) is 0 Å². The molecule has 40 heavy (non-hydrogen) atoms. The van der Waals surface area contributed by atoms with Crippen molar-refractivity contribution in [1.82, 2.24) is 14.2 Å². The first-order valence-electron chi connectivity index (χ1n) is 13.6. The molecule has 10 heteroatoms. The van der Waals surface area contributed by atoms with Crippen molar-refractivity contribution in [2.45, 2.75) is 64.4 Å². The van der Waals surface area contributed by atoms with E-state index in [1.54, 1.807) is 22.7 Å². The molecule has 1 aliphatic carbocycles. The Labute approximate surface area is 229 Å². The second kappa shape index (κ2) is 10.5. The van der Waals surface area contributed by atoms with E-state index in [-0.39, 0.29) is 28.7 Å². The highest BCUT2D eigenvalue weighted by Gasteiger charge is 2.26. The van der Waals surface area contributed by atoms with Gasteiger partial charge < -0.3 is 24.3 Å². The number of rotatable bonds is 7. The molecule has 3 aromatic heterocycles. The van der Waals surface area contributed by atoms with E-state index in [0.717, 1.165) is 32.1 Å². The number of aliphatic hydroxyl groups excluding tert-OH is 1. The third-order valence-electron chi connectivity index (χ3n) is 7.50. The van der Waals surface area contributed by atoms with Gasteiger partial charge in [0.25, 0.3) is 5.91 Å². The zero-order chi connectivity index (χ0) is 28.0. The number of aliphatic hydroxyl groups is 1. The van der Waals surface area contributed by atoms with Gasteiger partial charge in [0.05, 0.1) is 40.5 Å². The van der Waals surface area contributed by atoms with Gasteiger partial charge in [-0.3, -0.25) is 14.3 Å². The van der Waals surface area contributed by atoms with E-state index in [4.69, 9.17) is 9.47 Å². The quantitative estimate of drug-likeness (QED) is 0.342. The number of hydrogen-bond acceptors (Lipinski definition) is 6. The van der Waals surface area contributed by atoms with Crippen LogP contribution < -0.4 is 16.1 Å². The number of hydrogen-bond donors (Lipinski definition) is 2. The van der Waals surface area contributed by atoms with Crippen LogP contribution in [0.2, 0.25) is 0 Å². The summed E-state index contributed by atoms with van der Waals surface area (Å²) in [5.41, 5.74) is 1.69. The molecule has 4 aromatic rings. The highest BCUT2D eigenvalue weighted by Crippen LogP contribution is 2.38. The summed E-state index contributed by atoms with van der Waals surface area (Å²) in [6.07, 6.45) is 9.03. The van der Waals surface area contributed by atoms with Crippen LogP contribution in [0.15, 0.2) is 53.7 Å². The van der Waals surface area contributed by atoms with Crippen LogP contribution in [0.5, 0.6) is 0 Å². The van der Waals surface area contributed by atoms with Crippen LogP contribution in [0.25, 0.3) is 22.4 Å². The molecular weight excluding hydrogens is 515 g/mol. The molecule has 0 bridgehead atoms. The van der Waals surface area contributed by atoms with Gasteiger partial charge in [-0.05, 0) is 69.7 Å².